The second kappa shape index (κ2) is 8.23. The van der Waals surface area contributed by atoms with Gasteiger partial charge in [-0.15, -0.1) is 0 Å². The minimum atomic E-state index is -0.318. The summed E-state index contributed by atoms with van der Waals surface area (Å²) in [6.07, 6.45) is 3.75. The maximum atomic E-state index is 13.3. The molecule has 29 heavy (non-hydrogen) atoms. The number of halogens is 1. The Bertz CT molecular complexity index is 1130. The van der Waals surface area contributed by atoms with E-state index in [0.29, 0.717) is 17.9 Å². The van der Waals surface area contributed by atoms with Gasteiger partial charge in [-0.3, -0.25) is 4.79 Å². The highest BCUT2D eigenvalue weighted by atomic mass is 19.1. The second-order valence-electron chi connectivity index (χ2n) is 7.09. The summed E-state index contributed by atoms with van der Waals surface area (Å²) in [5.41, 5.74) is 5.87. The van der Waals surface area contributed by atoms with E-state index in [1.54, 1.807) is 24.6 Å². The maximum Gasteiger partial charge on any atom is 0.225 e. The standard InChI is InChI=1S/C25H20FNO2/c1-17-5-8-21(25-27-11-12-29-25)16-24(17)20-9-6-18(7-10-20)14-23(28)15-19-3-2-4-22(26)13-19/h2-13,16H,14-15H2,1H3. The third-order valence-electron chi connectivity index (χ3n) is 4.87. The highest BCUT2D eigenvalue weighted by Gasteiger charge is 2.10. The second-order valence-corrected chi connectivity index (χ2v) is 7.09. The van der Waals surface area contributed by atoms with Crippen molar-refractivity contribution in [1.82, 2.24) is 4.98 Å². The van der Waals surface area contributed by atoms with Crippen LogP contribution in [0.1, 0.15) is 16.7 Å². The van der Waals surface area contributed by atoms with Crippen LogP contribution in [0.15, 0.2) is 83.6 Å². The molecule has 4 heteroatoms. The van der Waals surface area contributed by atoms with Crippen LogP contribution in [0.25, 0.3) is 22.6 Å². The summed E-state index contributed by atoms with van der Waals surface area (Å²) in [5, 5.41) is 0. The molecule has 1 aromatic heterocycles. The van der Waals surface area contributed by atoms with Gasteiger partial charge in [0, 0.05) is 18.4 Å². The molecule has 4 rings (SSSR count). The molecular formula is C25H20FNO2. The molecule has 0 aliphatic heterocycles. The van der Waals surface area contributed by atoms with E-state index in [1.165, 1.54) is 12.1 Å². The number of carbonyl (C=O) groups is 1. The zero-order chi connectivity index (χ0) is 20.2. The van der Waals surface area contributed by atoms with Crippen LogP contribution in [-0.2, 0) is 17.6 Å². The molecule has 4 aromatic rings. The molecule has 0 atom stereocenters. The minimum Gasteiger partial charge on any atom is -0.445 e. The van der Waals surface area contributed by atoms with Gasteiger partial charge in [0.05, 0.1) is 6.20 Å². The summed E-state index contributed by atoms with van der Waals surface area (Å²) in [7, 11) is 0. The zero-order valence-electron chi connectivity index (χ0n) is 16.1. The molecule has 0 saturated carbocycles. The molecule has 0 amide bonds. The molecular weight excluding hydrogens is 365 g/mol. The SMILES string of the molecule is Cc1ccc(-c2ncco2)cc1-c1ccc(CC(=O)Cc2cccc(F)c2)cc1. The number of oxazole rings is 1. The smallest absolute Gasteiger partial charge is 0.225 e. The van der Waals surface area contributed by atoms with E-state index in [4.69, 9.17) is 4.42 Å². The Morgan fingerprint density at radius 1 is 0.931 bits per heavy atom. The van der Waals surface area contributed by atoms with Crippen LogP contribution in [0, 0.1) is 12.7 Å². The number of benzene rings is 3. The fraction of sp³-hybridized carbons (Fsp3) is 0.120. The summed E-state index contributed by atoms with van der Waals surface area (Å²) >= 11 is 0. The average molecular weight is 385 g/mol. The van der Waals surface area contributed by atoms with Gasteiger partial charge in [-0.2, -0.15) is 0 Å². The van der Waals surface area contributed by atoms with E-state index in [2.05, 4.69) is 18.0 Å². The Hall–Kier alpha value is -3.53. The lowest BCUT2D eigenvalue weighted by atomic mass is 9.96. The summed E-state index contributed by atoms with van der Waals surface area (Å²) in [6, 6.07) is 20.3. The van der Waals surface area contributed by atoms with Crippen LogP contribution >= 0.6 is 0 Å². The van der Waals surface area contributed by atoms with Crippen LogP contribution in [0.2, 0.25) is 0 Å². The van der Waals surface area contributed by atoms with Crippen molar-refractivity contribution in [3.8, 4) is 22.6 Å². The molecule has 1 heterocycles. The van der Waals surface area contributed by atoms with Crippen molar-refractivity contribution in [1.29, 1.82) is 0 Å². The molecule has 3 aromatic carbocycles. The predicted molar refractivity (Wildman–Crippen MR) is 111 cm³/mol. The van der Waals surface area contributed by atoms with Gasteiger partial charge < -0.3 is 4.42 Å². The molecule has 0 N–H and O–H groups in total. The predicted octanol–water partition coefficient (Wildman–Crippen LogP) is 5.81. The monoisotopic (exact) mass is 385 g/mol. The first-order chi connectivity index (χ1) is 14.1. The molecule has 0 saturated heterocycles. The molecule has 3 nitrogen and oxygen atoms in total. The molecule has 0 bridgehead atoms. The van der Waals surface area contributed by atoms with Gasteiger partial charge in [0.15, 0.2) is 0 Å². The highest BCUT2D eigenvalue weighted by Crippen LogP contribution is 2.29. The first-order valence-electron chi connectivity index (χ1n) is 9.44. The molecule has 144 valence electrons. The van der Waals surface area contributed by atoms with Gasteiger partial charge >= 0.3 is 0 Å². The van der Waals surface area contributed by atoms with E-state index < -0.39 is 0 Å². The number of aryl methyl sites for hydroxylation is 1. The van der Waals surface area contributed by atoms with E-state index in [0.717, 1.165) is 27.8 Å². The zero-order valence-corrected chi connectivity index (χ0v) is 16.1. The summed E-state index contributed by atoms with van der Waals surface area (Å²) in [6.45, 7) is 2.06. The van der Waals surface area contributed by atoms with E-state index >= 15 is 0 Å². The number of carbonyl (C=O) groups excluding carboxylic acids is 1. The van der Waals surface area contributed by atoms with Crippen LogP contribution in [0.4, 0.5) is 4.39 Å². The van der Waals surface area contributed by atoms with Crippen LogP contribution < -0.4 is 0 Å². The quantitative estimate of drug-likeness (QED) is 0.421. The third kappa shape index (κ3) is 4.49. The molecule has 0 aliphatic carbocycles. The lowest BCUT2D eigenvalue weighted by Crippen LogP contribution is -2.06. The van der Waals surface area contributed by atoms with Gasteiger partial charge in [-0.05, 0) is 59.0 Å². The fourth-order valence-corrected chi connectivity index (χ4v) is 3.40. The average Bonchev–Trinajstić information content (AvgIpc) is 3.24. The molecule has 0 unspecified atom stereocenters. The Labute approximate surface area is 168 Å². The van der Waals surface area contributed by atoms with E-state index in [9.17, 15) is 9.18 Å². The highest BCUT2D eigenvalue weighted by molar-refractivity contribution is 5.83. The Morgan fingerprint density at radius 3 is 2.41 bits per heavy atom. The Balaban J connectivity index is 1.49. The van der Waals surface area contributed by atoms with Crippen molar-refractivity contribution >= 4 is 5.78 Å². The molecule has 0 spiro atoms. The number of hydrogen-bond donors (Lipinski definition) is 0. The largest absolute Gasteiger partial charge is 0.445 e. The number of nitrogens with zero attached hydrogens (tertiary/aromatic N) is 1. The van der Waals surface area contributed by atoms with Crippen molar-refractivity contribution in [3.05, 3.63) is 102 Å². The summed E-state index contributed by atoms with van der Waals surface area (Å²) < 4.78 is 18.7. The van der Waals surface area contributed by atoms with Crippen molar-refractivity contribution in [2.75, 3.05) is 0 Å². The fourth-order valence-electron chi connectivity index (χ4n) is 3.40. The van der Waals surface area contributed by atoms with Gasteiger partial charge in [-0.25, -0.2) is 9.37 Å². The van der Waals surface area contributed by atoms with E-state index in [1.807, 2.05) is 36.4 Å². The van der Waals surface area contributed by atoms with Crippen LogP contribution in [0.5, 0.6) is 0 Å². The van der Waals surface area contributed by atoms with E-state index in [-0.39, 0.29) is 18.0 Å². The minimum absolute atomic E-state index is 0.0606. The normalized spacial score (nSPS) is 10.8. The molecule has 0 fully saturated rings. The van der Waals surface area contributed by atoms with Crippen molar-refractivity contribution < 1.29 is 13.6 Å². The first-order valence-corrected chi connectivity index (χ1v) is 9.44. The van der Waals surface area contributed by atoms with Crippen LogP contribution in [-0.4, -0.2) is 10.8 Å². The van der Waals surface area contributed by atoms with Gasteiger partial charge in [0.25, 0.3) is 0 Å². The first kappa shape index (κ1) is 18.8. The number of aromatic nitrogens is 1. The topological polar surface area (TPSA) is 43.1 Å². The Kier molecular flexibility index (Phi) is 5.34. The third-order valence-corrected chi connectivity index (χ3v) is 4.87. The van der Waals surface area contributed by atoms with Crippen LogP contribution in [0.3, 0.4) is 0 Å². The number of ketones is 1. The van der Waals surface area contributed by atoms with Crippen molar-refractivity contribution in [2.24, 2.45) is 0 Å². The number of Topliss-reactive ketones (excluding diaryl/α,β-unsaturated/α-hetero) is 1. The lowest BCUT2D eigenvalue weighted by molar-refractivity contribution is -0.117. The summed E-state index contributed by atoms with van der Waals surface area (Å²) in [5.74, 6) is 0.332. The number of hydrogen-bond acceptors (Lipinski definition) is 3. The van der Waals surface area contributed by atoms with Crippen molar-refractivity contribution in [3.63, 3.8) is 0 Å². The van der Waals surface area contributed by atoms with Crippen molar-refractivity contribution in [2.45, 2.75) is 19.8 Å². The molecule has 0 radical (unpaired) electrons. The Morgan fingerprint density at radius 2 is 1.69 bits per heavy atom. The van der Waals surface area contributed by atoms with Gasteiger partial charge in [0.2, 0.25) is 5.89 Å². The van der Waals surface area contributed by atoms with Gasteiger partial charge in [0.1, 0.15) is 17.9 Å². The van der Waals surface area contributed by atoms with Gasteiger partial charge in [-0.1, -0.05) is 42.5 Å². The lowest BCUT2D eigenvalue weighted by Gasteiger charge is -2.09. The summed E-state index contributed by atoms with van der Waals surface area (Å²) in [4.78, 5) is 16.5. The number of rotatable bonds is 6. The molecule has 0 aliphatic rings. The maximum absolute atomic E-state index is 13.3.